The third kappa shape index (κ3) is 2.81. The molecule has 1 amide bonds. The van der Waals surface area contributed by atoms with Crippen molar-refractivity contribution in [3.8, 4) is 0 Å². The topological polar surface area (TPSA) is 53.2 Å². The fourth-order valence-corrected chi connectivity index (χ4v) is 1.77. The summed E-state index contributed by atoms with van der Waals surface area (Å²) in [4.78, 5) is 11.0. The molecule has 1 aromatic carbocycles. The number of hydrogen-bond donors (Lipinski definition) is 3. The molecule has 4 heteroatoms. The first-order valence-electron chi connectivity index (χ1n) is 5.65. The van der Waals surface area contributed by atoms with E-state index in [0.717, 1.165) is 37.3 Å². The summed E-state index contributed by atoms with van der Waals surface area (Å²) in [5.41, 5.74) is 1.93. The molecule has 86 valence electrons. The van der Waals surface area contributed by atoms with Gasteiger partial charge < -0.3 is 16.0 Å². The third-order valence-electron chi connectivity index (χ3n) is 2.66. The summed E-state index contributed by atoms with van der Waals surface area (Å²) in [5.74, 6) is 0.0515. The lowest BCUT2D eigenvalue weighted by Gasteiger charge is -2.11. The Hall–Kier alpha value is -1.39. The summed E-state index contributed by atoms with van der Waals surface area (Å²) in [6, 6.07) is 7.63. The lowest BCUT2D eigenvalue weighted by atomic mass is 10.1. The first-order chi connectivity index (χ1) is 7.88. The van der Waals surface area contributed by atoms with Crippen molar-refractivity contribution in [2.24, 2.45) is 0 Å². The molecule has 0 aromatic heterocycles. The van der Waals surface area contributed by atoms with Crippen molar-refractivity contribution < 1.29 is 4.79 Å². The summed E-state index contributed by atoms with van der Waals surface area (Å²) >= 11 is 0. The van der Waals surface area contributed by atoms with E-state index in [2.05, 4.69) is 16.0 Å². The van der Waals surface area contributed by atoms with Crippen molar-refractivity contribution in [2.75, 3.05) is 26.2 Å². The zero-order chi connectivity index (χ0) is 11.2. The van der Waals surface area contributed by atoms with Gasteiger partial charge in [-0.2, -0.15) is 0 Å². The zero-order valence-corrected chi connectivity index (χ0v) is 9.25. The SMILES string of the molecule is C1CNCCN1.O=C1NCc2ccccc21. The number of carbonyl (C=O) groups excluding carboxylic acids is 1. The van der Waals surface area contributed by atoms with Crippen LogP contribution in [0.2, 0.25) is 0 Å². The van der Waals surface area contributed by atoms with E-state index in [9.17, 15) is 4.79 Å². The highest BCUT2D eigenvalue weighted by Crippen LogP contribution is 2.13. The summed E-state index contributed by atoms with van der Waals surface area (Å²) in [7, 11) is 0. The number of nitrogens with one attached hydrogen (secondary N) is 3. The van der Waals surface area contributed by atoms with E-state index in [-0.39, 0.29) is 5.91 Å². The summed E-state index contributed by atoms with van der Waals surface area (Å²) in [6.45, 7) is 5.25. The highest BCUT2D eigenvalue weighted by Gasteiger charge is 2.16. The monoisotopic (exact) mass is 219 g/mol. The van der Waals surface area contributed by atoms with Crippen LogP contribution in [0.5, 0.6) is 0 Å². The molecule has 0 spiro atoms. The number of fused-ring (bicyclic) bond motifs is 1. The van der Waals surface area contributed by atoms with Crippen molar-refractivity contribution in [1.82, 2.24) is 16.0 Å². The number of rotatable bonds is 0. The van der Waals surface area contributed by atoms with E-state index in [4.69, 9.17) is 0 Å². The second kappa shape index (κ2) is 5.63. The van der Waals surface area contributed by atoms with Gasteiger partial charge in [-0.25, -0.2) is 0 Å². The highest BCUT2D eigenvalue weighted by atomic mass is 16.1. The maximum absolute atomic E-state index is 11.0. The molecule has 4 nitrogen and oxygen atoms in total. The lowest BCUT2D eigenvalue weighted by Crippen LogP contribution is -2.39. The smallest absolute Gasteiger partial charge is 0.251 e. The van der Waals surface area contributed by atoms with Gasteiger partial charge in [0.05, 0.1) is 0 Å². The van der Waals surface area contributed by atoms with Gasteiger partial charge in [0.2, 0.25) is 0 Å². The zero-order valence-electron chi connectivity index (χ0n) is 9.25. The van der Waals surface area contributed by atoms with E-state index >= 15 is 0 Å². The number of piperazine rings is 1. The van der Waals surface area contributed by atoms with Crippen LogP contribution in [0.15, 0.2) is 24.3 Å². The Balaban J connectivity index is 0.000000138. The molecule has 2 aliphatic rings. The van der Waals surface area contributed by atoms with Gasteiger partial charge in [0.25, 0.3) is 5.91 Å². The van der Waals surface area contributed by atoms with Crippen LogP contribution >= 0.6 is 0 Å². The van der Waals surface area contributed by atoms with Crippen molar-refractivity contribution in [1.29, 1.82) is 0 Å². The molecule has 1 fully saturated rings. The first-order valence-corrected chi connectivity index (χ1v) is 5.65. The number of hydrogen-bond acceptors (Lipinski definition) is 3. The predicted octanol–water partition coefficient (Wildman–Crippen LogP) is 0.109. The van der Waals surface area contributed by atoms with Crippen molar-refractivity contribution in [3.05, 3.63) is 35.4 Å². The van der Waals surface area contributed by atoms with E-state index in [1.807, 2.05) is 24.3 Å². The standard InChI is InChI=1S/C8H7NO.C4H10N2/c10-8-7-4-2-1-3-6(7)5-9-8;1-2-6-4-3-5-1/h1-4H,5H2,(H,9,10);5-6H,1-4H2. The van der Waals surface area contributed by atoms with E-state index in [1.165, 1.54) is 0 Å². The molecular formula is C12H17N3O. The van der Waals surface area contributed by atoms with Crippen LogP contribution in [0.25, 0.3) is 0 Å². The van der Waals surface area contributed by atoms with Gasteiger partial charge in [-0.15, -0.1) is 0 Å². The second-order valence-electron chi connectivity index (χ2n) is 3.84. The van der Waals surface area contributed by atoms with Crippen molar-refractivity contribution in [2.45, 2.75) is 6.54 Å². The van der Waals surface area contributed by atoms with Crippen LogP contribution in [0, 0.1) is 0 Å². The van der Waals surface area contributed by atoms with Crippen molar-refractivity contribution in [3.63, 3.8) is 0 Å². The van der Waals surface area contributed by atoms with Gasteiger partial charge in [-0.3, -0.25) is 4.79 Å². The first kappa shape index (κ1) is 11.1. The Morgan fingerprint density at radius 1 is 0.938 bits per heavy atom. The normalized spacial score (nSPS) is 18.1. The van der Waals surface area contributed by atoms with Crippen LogP contribution in [-0.4, -0.2) is 32.1 Å². The average molecular weight is 219 g/mol. The van der Waals surface area contributed by atoms with Crippen LogP contribution in [-0.2, 0) is 6.54 Å². The quantitative estimate of drug-likeness (QED) is 0.580. The van der Waals surface area contributed by atoms with Gasteiger partial charge in [0.1, 0.15) is 0 Å². The molecule has 2 aliphatic heterocycles. The summed E-state index contributed by atoms with van der Waals surface area (Å²) < 4.78 is 0. The molecule has 0 unspecified atom stereocenters. The molecule has 2 heterocycles. The van der Waals surface area contributed by atoms with Crippen LogP contribution in [0.4, 0.5) is 0 Å². The van der Waals surface area contributed by atoms with Gasteiger partial charge in [0, 0.05) is 38.3 Å². The molecule has 0 aliphatic carbocycles. The maximum Gasteiger partial charge on any atom is 0.251 e. The van der Waals surface area contributed by atoms with Crippen LogP contribution < -0.4 is 16.0 Å². The molecular weight excluding hydrogens is 202 g/mol. The minimum atomic E-state index is 0.0515. The molecule has 3 N–H and O–H groups in total. The molecule has 3 rings (SSSR count). The summed E-state index contributed by atoms with van der Waals surface area (Å²) in [6.07, 6.45) is 0. The second-order valence-corrected chi connectivity index (χ2v) is 3.84. The van der Waals surface area contributed by atoms with Gasteiger partial charge in [0.15, 0.2) is 0 Å². The van der Waals surface area contributed by atoms with E-state index in [0.29, 0.717) is 6.54 Å². The highest BCUT2D eigenvalue weighted by molar-refractivity contribution is 5.98. The molecule has 1 aromatic rings. The maximum atomic E-state index is 11.0. The van der Waals surface area contributed by atoms with E-state index < -0.39 is 0 Å². The molecule has 1 saturated heterocycles. The Bertz CT molecular complexity index is 350. The fraction of sp³-hybridized carbons (Fsp3) is 0.417. The van der Waals surface area contributed by atoms with Crippen LogP contribution in [0.3, 0.4) is 0 Å². The average Bonchev–Trinajstić information content (AvgIpc) is 2.75. The van der Waals surface area contributed by atoms with Crippen molar-refractivity contribution >= 4 is 5.91 Å². The molecule has 0 atom stereocenters. The largest absolute Gasteiger partial charge is 0.348 e. The molecule has 0 bridgehead atoms. The molecule has 0 radical (unpaired) electrons. The Labute approximate surface area is 95.4 Å². The number of benzene rings is 1. The fourth-order valence-electron chi connectivity index (χ4n) is 1.77. The third-order valence-corrected chi connectivity index (χ3v) is 2.66. The minimum absolute atomic E-state index is 0.0515. The van der Waals surface area contributed by atoms with Gasteiger partial charge in [-0.1, -0.05) is 18.2 Å². The summed E-state index contributed by atoms with van der Waals surface area (Å²) in [5, 5.41) is 9.19. The van der Waals surface area contributed by atoms with Gasteiger partial charge in [-0.05, 0) is 11.6 Å². The molecule has 0 saturated carbocycles. The Kier molecular flexibility index (Phi) is 3.91. The minimum Gasteiger partial charge on any atom is -0.348 e. The van der Waals surface area contributed by atoms with Crippen LogP contribution in [0.1, 0.15) is 15.9 Å². The van der Waals surface area contributed by atoms with E-state index in [1.54, 1.807) is 0 Å². The molecule has 16 heavy (non-hydrogen) atoms. The number of amides is 1. The lowest BCUT2D eigenvalue weighted by molar-refractivity contribution is 0.0966. The Morgan fingerprint density at radius 2 is 1.56 bits per heavy atom. The number of carbonyl (C=O) groups is 1. The van der Waals surface area contributed by atoms with Gasteiger partial charge >= 0.3 is 0 Å². The predicted molar refractivity (Wildman–Crippen MR) is 63.4 cm³/mol. The Morgan fingerprint density at radius 3 is 2.12 bits per heavy atom.